The predicted octanol–water partition coefficient (Wildman–Crippen LogP) is 1.19. The molecule has 0 bridgehead atoms. The van der Waals surface area contributed by atoms with Crippen molar-refractivity contribution in [3.8, 4) is 11.5 Å². The van der Waals surface area contributed by atoms with E-state index in [4.69, 9.17) is 9.47 Å². The zero-order valence-corrected chi connectivity index (χ0v) is 16.3. The Kier molecular flexibility index (Phi) is 5.67. The van der Waals surface area contributed by atoms with Gasteiger partial charge in [0.1, 0.15) is 25.8 Å². The van der Waals surface area contributed by atoms with Crippen molar-refractivity contribution in [3.05, 3.63) is 54.1 Å². The zero-order chi connectivity index (χ0) is 19.3. The first-order valence-electron chi connectivity index (χ1n) is 10.0. The quantitative estimate of drug-likeness (QED) is 0.816. The second-order valence-electron chi connectivity index (χ2n) is 7.46. The lowest BCUT2D eigenvalue weighted by Gasteiger charge is -2.34. The number of amides is 1. The maximum Gasteiger partial charge on any atom is 0.245 e. The number of anilines is 1. The fourth-order valence-corrected chi connectivity index (χ4v) is 3.82. The Morgan fingerprint density at radius 2 is 1.79 bits per heavy atom. The van der Waals surface area contributed by atoms with Gasteiger partial charge in [-0.05, 0) is 19.1 Å². The molecular weight excluding hydrogens is 354 g/mol. The van der Waals surface area contributed by atoms with E-state index >= 15 is 0 Å². The van der Waals surface area contributed by atoms with Crippen LogP contribution < -0.4 is 19.7 Å². The van der Waals surface area contributed by atoms with E-state index in [9.17, 15) is 4.79 Å². The molecule has 2 aliphatic heterocycles. The van der Waals surface area contributed by atoms with Crippen molar-refractivity contribution in [1.82, 2.24) is 4.90 Å². The van der Waals surface area contributed by atoms with Crippen LogP contribution in [0.3, 0.4) is 0 Å². The van der Waals surface area contributed by atoms with E-state index < -0.39 is 0 Å². The SMILES string of the molecule is C[C@H](Nc1ccc2c(c1)OCCO2)C(=O)N1CC[NH+](Cc2ccccc2)CC1. The summed E-state index contributed by atoms with van der Waals surface area (Å²) >= 11 is 0. The van der Waals surface area contributed by atoms with E-state index in [1.54, 1.807) is 0 Å². The van der Waals surface area contributed by atoms with E-state index in [2.05, 4.69) is 29.6 Å². The number of rotatable bonds is 5. The van der Waals surface area contributed by atoms with Crippen molar-refractivity contribution in [2.75, 3.05) is 44.7 Å². The van der Waals surface area contributed by atoms with Gasteiger partial charge in [-0.1, -0.05) is 30.3 Å². The number of piperazine rings is 1. The van der Waals surface area contributed by atoms with Gasteiger partial charge in [-0.15, -0.1) is 0 Å². The average molecular weight is 382 g/mol. The van der Waals surface area contributed by atoms with Gasteiger partial charge < -0.3 is 24.6 Å². The number of quaternary nitrogens is 1. The molecule has 0 aromatic heterocycles. The Hall–Kier alpha value is -2.73. The van der Waals surface area contributed by atoms with E-state index in [0.29, 0.717) is 13.2 Å². The van der Waals surface area contributed by atoms with E-state index in [1.807, 2.05) is 36.1 Å². The lowest BCUT2D eigenvalue weighted by Crippen LogP contribution is -3.13. The number of benzene rings is 2. The Morgan fingerprint density at radius 3 is 2.54 bits per heavy atom. The molecule has 4 rings (SSSR count). The summed E-state index contributed by atoms with van der Waals surface area (Å²) in [6, 6.07) is 16.0. The highest BCUT2D eigenvalue weighted by molar-refractivity contribution is 5.84. The third-order valence-electron chi connectivity index (χ3n) is 5.37. The minimum absolute atomic E-state index is 0.147. The average Bonchev–Trinajstić information content (AvgIpc) is 2.74. The number of hydrogen-bond acceptors (Lipinski definition) is 4. The van der Waals surface area contributed by atoms with Gasteiger partial charge in [-0.2, -0.15) is 0 Å². The highest BCUT2D eigenvalue weighted by Crippen LogP contribution is 2.32. The Bertz CT molecular complexity index is 804. The number of carbonyl (C=O) groups is 1. The van der Waals surface area contributed by atoms with Crippen LogP contribution in [0.15, 0.2) is 48.5 Å². The molecule has 0 radical (unpaired) electrons. The number of hydrogen-bond donors (Lipinski definition) is 2. The van der Waals surface area contributed by atoms with Crippen LogP contribution >= 0.6 is 0 Å². The van der Waals surface area contributed by atoms with E-state index in [-0.39, 0.29) is 11.9 Å². The second-order valence-corrected chi connectivity index (χ2v) is 7.46. The summed E-state index contributed by atoms with van der Waals surface area (Å²) in [6.07, 6.45) is 0. The molecule has 6 heteroatoms. The van der Waals surface area contributed by atoms with Crippen molar-refractivity contribution < 1.29 is 19.2 Å². The largest absolute Gasteiger partial charge is 0.486 e. The molecule has 1 fully saturated rings. The Balaban J connectivity index is 1.29. The molecule has 28 heavy (non-hydrogen) atoms. The van der Waals surface area contributed by atoms with Crippen molar-refractivity contribution in [2.24, 2.45) is 0 Å². The lowest BCUT2D eigenvalue weighted by molar-refractivity contribution is -0.917. The topological polar surface area (TPSA) is 55.2 Å². The normalized spacial score (nSPS) is 17.8. The summed E-state index contributed by atoms with van der Waals surface area (Å²) in [6.45, 7) is 7.64. The first-order chi connectivity index (χ1) is 13.7. The summed E-state index contributed by atoms with van der Waals surface area (Å²) in [7, 11) is 0. The van der Waals surface area contributed by atoms with E-state index in [1.165, 1.54) is 10.5 Å². The molecule has 148 valence electrons. The van der Waals surface area contributed by atoms with Crippen LogP contribution in [0, 0.1) is 0 Å². The minimum Gasteiger partial charge on any atom is -0.486 e. The lowest BCUT2D eigenvalue weighted by atomic mass is 10.2. The molecule has 1 amide bonds. The molecule has 0 aliphatic carbocycles. The molecule has 0 saturated carbocycles. The van der Waals surface area contributed by atoms with Crippen LogP contribution in [0.1, 0.15) is 12.5 Å². The van der Waals surface area contributed by atoms with Crippen molar-refractivity contribution >= 4 is 11.6 Å². The van der Waals surface area contributed by atoms with Gasteiger partial charge in [0, 0.05) is 17.3 Å². The predicted molar refractivity (Wildman–Crippen MR) is 108 cm³/mol. The number of carbonyl (C=O) groups excluding carboxylic acids is 1. The molecule has 2 aromatic carbocycles. The monoisotopic (exact) mass is 382 g/mol. The molecule has 2 heterocycles. The smallest absolute Gasteiger partial charge is 0.245 e. The van der Waals surface area contributed by atoms with Crippen molar-refractivity contribution in [1.29, 1.82) is 0 Å². The maximum atomic E-state index is 12.9. The number of fused-ring (bicyclic) bond motifs is 1. The van der Waals surface area contributed by atoms with E-state index in [0.717, 1.165) is 49.9 Å². The number of nitrogens with zero attached hydrogens (tertiary/aromatic N) is 1. The summed E-state index contributed by atoms with van der Waals surface area (Å²) in [5, 5.41) is 3.31. The number of nitrogens with one attached hydrogen (secondary N) is 2. The summed E-state index contributed by atoms with van der Waals surface area (Å²) in [4.78, 5) is 16.4. The molecule has 0 unspecified atom stereocenters. The molecule has 6 nitrogen and oxygen atoms in total. The Labute approximate surface area is 166 Å². The van der Waals surface area contributed by atoms with Gasteiger partial charge in [-0.3, -0.25) is 4.79 Å². The third-order valence-corrected chi connectivity index (χ3v) is 5.37. The van der Waals surface area contributed by atoms with Gasteiger partial charge >= 0.3 is 0 Å². The zero-order valence-electron chi connectivity index (χ0n) is 16.3. The molecule has 2 aromatic rings. The van der Waals surface area contributed by atoms with Crippen molar-refractivity contribution in [3.63, 3.8) is 0 Å². The Morgan fingerprint density at radius 1 is 1.07 bits per heavy atom. The number of ether oxygens (including phenoxy) is 2. The van der Waals surface area contributed by atoms with Gasteiger partial charge in [0.15, 0.2) is 11.5 Å². The van der Waals surface area contributed by atoms with Crippen LogP contribution in [0.5, 0.6) is 11.5 Å². The highest BCUT2D eigenvalue weighted by atomic mass is 16.6. The first kappa shape index (κ1) is 18.6. The third kappa shape index (κ3) is 4.39. The minimum atomic E-state index is -0.279. The molecule has 0 spiro atoms. The van der Waals surface area contributed by atoms with Crippen LogP contribution in [-0.2, 0) is 11.3 Å². The molecule has 2 N–H and O–H groups in total. The fourth-order valence-electron chi connectivity index (χ4n) is 3.82. The highest BCUT2D eigenvalue weighted by Gasteiger charge is 2.27. The van der Waals surface area contributed by atoms with Crippen LogP contribution in [0.4, 0.5) is 5.69 Å². The van der Waals surface area contributed by atoms with Crippen LogP contribution in [0.2, 0.25) is 0 Å². The summed E-state index contributed by atoms with van der Waals surface area (Å²) in [5.41, 5.74) is 2.23. The van der Waals surface area contributed by atoms with Gasteiger partial charge in [0.05, 0.1) is 26.2 Å². The standard InChI is InChI=1S/C22H27N3O3/c1-17(23-19-7-8-20-21(15-19)28-14-13-27-20)22(26)25-11-9-24(10-12-25)16-18-5-3-2-4-6-18/h2-8,15,17,23H,9-14,16H2,1H3/p+1/t17-/m0/s1. The van der Waals surface area contributed by atoms with Gasteiger partial charge in [-0.25, -0.2) is 0 Å². The summed E-state index contributed by atoms with van der Waals surface area (Å²) in [5.74, 6) is 1.64. The second kappa shape index (κ2) is 8.52. The van der Waals surface area contributed by atoms with Crippen LogP contribution in [-0.4, -0.2) is 56.2 Å². The van der Waals surface area contributed by atoms with Gasteiger partial charge in [0.25, 0.3) is 0 Å². The van der Waals surface area contributed by atoms with Crippen molar-refractivity contribution in [2.45, 2.75) is 19.5 Å². The molecular formula is C22H28N3O3+. The van der Waals surface area contributed by atoms with Crippen LogP contribution in [0.25, 0.3) is 0 Å². The maximum absolute atomic E-state index is 12.9. The van der Waals surface area contributed by atoms with Gasteiger partial charge in [0.2, 0.25) is 5.91 Å². The molecule has 1 saturated heterocycles. The molecule has 2 aliphatic rings. The summed E-state index contributed by atoms with van der Waals surface area (Å²) < 4.78 is 11.2. The first-order valence-corrected chi connectivity index (χ1v) is 10.0. The fraction of sp³-hybridized carbons (Fsp3) is 0.409. The molecule has 1 atom stereocenters.